The second kappa shape index (κ2) is 8.38. The maximum atomic E-state index is 12.6. The highest BCUT2D eigenvalue weighted by molar-refractivity contribution is 6.21. The minimum absolute atomic E-state index is 0.267. The van der Waals surface area contributed by atoms with E-state index in [0.29, 0.717) is 17.7 Å². The summed E-state index contributed by atoms with van der Waals surface area (Å²) in [5.41, 5.74) is 3.26. The quantitative estimate of drug-likeness (QED) is 0.764. The minimum atomic E-state index is -0.374. The number of carbonyl (C=O) groups is 3. The fraction of sp³-hybridized carbons (Fsp3) is 0.348. The maximum absolute atomic E-state index is 12.6. The Hall–Kier alpha value is -3.03. The highest BCUT2D eigenvalue weighted by Crippen LogP contribution is 2.22. The number of hydrogen-bond acceptors (Lipinski definition) is 5. The van der Waals surface area contributed by atoms with Crippen LogP contribution >= 0.6 is 0 Å². The monoisotopic (exact) mass is 406 g/mol. The van der Waals surface area contributed by atoms with Crippen LogP contribution in [0.25, 0.3) is 0 Å². The molecule has 2 aromatic rings. The van der Waals surface area contributed by atoms with E-state index in [1.54, 1.807) is 12.1 Å². The third kappa shape index (κ3) is 4.13. The van der Waals surface area contributed by atoms with Crippen molar-refractivity contribution in [1.82, 2.24) is 20.0 Å². The second-order valence-corrected chi connectivity index (χ2v) is 8.01. The van der Waals surface area contributed by atoms with Crippen molar-refractivity contribution in [2.24, 2.45) is 0 Å². The van der Waals surface area contributed by atoms with Gasteiger partial charge in [-0.25, -0.2) is 0 Å². The Morgan fingerprint density at radius 3 is 2.37 bits per heavy atom. The number of fused-ring (bicyclic) bond motifs is 1. The van der Waals surface area contributed by atoms with Crippen LogP contribution in [0.3, 0.4) is 0 Å². The average Bonchev–Trinajstić information content (AvgIpc) is 2.97. The molecular formula is C23H26N4O3. The van der Waals surface area contributed by atoms with Gasteiger partial charge < -0.3 is 10.2 Å². The second-order valence-electron chi connectivity index (χ2n) is 8.01. The fourth-order valence-corrected chi connectivity index (χ4v) is 3.89. The van der Waals surface area contributed by atoms with Gasteiger partial charge in [-0.15, -0.1) is 0 Å². The fourth-order valence-electron chi connectivity index (χ4n) is 3.89. The Bertz CT molecular complexity index is 996. The van der Waals surface area contributed by atoms with Gasteiger partial charge in [0, 0.05) is 51.9 Å². The third-order valence-electron chi connectivity index (χ3n) is 5.80. The molecule has 2 heterocycles. The summed E-state index contributed by atoms with van der Waals surface area (Å²) in [7, 11) is 3.59. The van der Waals surface area contributed by atoms with Gasteiger partial charge in [0.1, 0.15) is 0 Å². The first kappa shape index (κ1) is 20.3. The van der Waals surface area contributed by atoms with E-state index in [4.69, 9.17) is 0 Å². The summed E-state index contributed by atoms with van der Waals surface area (Å²) in [5, 5.41) is 2.91. The van der Waals surface area contributed by atoms with Crippen molar-refractivity contribution in [3.63, 3.8) is 0 Å². The summed E-state index contributed by atoms with van der Waals surface area (Å²) in [6.45, 7) is 5.60. The molecule has 2 aromatic carbocycles. The van der Waals surface area contributed by atoms with Gasteiger partial charge in [-0.2, -0.15) is 0 Å². The molecule has 0 aliphatic carbocycles. The molecule has 0 unspecified atom stereocenters. The molecule has 1 N–H and O–H groups in total. The Morgan fingerprint density at radius 1 is 0.900 bits per heavy atom. The summed E-state index contributed by atoms with van der Waals surface area (Å²) >= 11 is 0. The average molecular weight is 406 g/mol. The number of likely N-dealkylation sites (N-methyl/N-ethyl adjacent to an activating group) is 1. The number of nitrogens with zero attached hydrogens (tertiary/aromatic N) is 3. The van der Waals surface area contributed by atoms with Crippen LogP contribution in [0.1, 0.15) is 42.2 Å². The lowest BCUT2D eigenvalue weighted by Gasteiger charge is -2.32. The molecule has 0 saturated carbocycles. The van der Waals surface area contributed by atoms with Crippen LogP contribution in [0.15, 0.2) is 42.5 Å². The van der Waals surface area contributed by atoms with Crippen LogP contribution in [0, 0.1) is 0 Å². The van der Waals surface area contributed by atoms with E-state index in [-0.39, 0.29) is 23.3 Å². The van der Waals surface area contributed by atoms with Gasteiger partial charge in [-0.1, -0.05) is 24.3 Å². The van der Waals surface area contributed by atoms with E-state index < -0.39 is 0 Å². The number of nitrogens with one attached hydrogen (secondary N) is 1. The van der Waals surface area contributed by atoms with Gasteiger partial charge in [0.2, 0.25) is 0 Å². The lowest BCUT2D eigenvalue weighted by molar-refractivity contribution is 0.0693. The highest BCUT2D eigenvalue weighted by Gasteiger charge is 2.33. The predicted molar refractivity (Wildman–Crippen MR) is 113 cm³/mol. The molecule has 0 radical (unpaired) electrons. The summed E-state index contributed by atoms with van der Waals surface area (Å²) in [6, 6.07) is 12.9. The number of piperazine rings is 1. The van der Waals surface area contributed by atoms with Crippen LogP contribution in [0.4, 0.5) is 0 Å². The van der Waals surface area contributed by atoms with E-state index in [0.717, 1.165) is 43.2 Å². The molecule has 1 fully saturated rings. The number of benzene rings is 2. The van der Waals surface area contributed by atoms with Crippen molar-refractivity contribution in [3.8, 4) is 0 Å². The Balaban J connectivity index is 1.38. The number of carbonyl (C=O) groups excluding carboxylic acids is 3. The van der Waals surface area contributed by atoms with Crippen molar-refractivity contribution < 1.29 is 14.4 Å². The number of amides is 3. The van der Waals surface area contributed by atoms with Crippen molar-refractivity contribution in [3.05, 3.63) is 70.3 Å². The van der Waals surface area contributed by atoms with Crippen LogP contribution in [-0.2, 0) is 13.1 Å². The molecule has 3 amide bonds. The first-order valence-corrected chi connectivity index (χ1v) is 10.2. The summed E-state index contributed by atoms with van der Waals surface area (Å²) < 4.78 is 0. The van der Waals surface area contributed by atoms with Gasteiger partial charge in [0.05, 0.1) is 11.1 Å². The van der Waals surface area contributed by atoms with Crippen molar-refractivity contribution in [2.45, 2.75) is 13.1 Å². The zero-order valence-corrected chi connectivity index (χ0v) is 17.4. The molecule has 0 aromatic heterocycles. The van der Waals surface area contributed by atoms with E-state index in [1.165, 1.54) is 18.7 Å². The van der Waals surface area contributed by atoms with Gasteiger partial charge in [-0.3, -0.25) is 24.2 Å². The zero-order valence-electron chi connectivity index (χ0n) is 17.4. The normalized spacial score (nSPS) is 17.3. The summed E-state index contributed by atoms with van der Waals surface area (Å²) in [4.78, 5) is 42.6. The van der Waals surface area contributed by atoms with Crippen LogP contribution < -0.4 is 5.32 Å². The SMILES string of the molecule is CN1CCN(Cc2cccc(CNC(=O)c3ccc4c(c3)C(=O)N(C)C4=O)c2)CC1. The predicted octanol–water partition coefficient (Wildman–Crippen LogP) is 1.59. The Kier molecular flexibility index (Phi) is 5.65. The molecule has 0 spiro atoms. The Morgan fingerprint density at radius 2 is 1.60 bits per heavy atom. The molecule has 2 aliphatic rings. The van der Waals surface area contributed by atoms with E-state index in [9.17, 15) is 14.4 Å². The van der Waals surface area contributed by atoms with E-state index in [1.807, 2.05) is 12.1 Å². The van der Waals surface area contributed by atoms with Crippen LogP contribution in [0.5, 0.6) is 0 Å². The molecule has 1 saturated heterocycles. The third-order valence-corrected chi connectivity index (χ3v) is 5.80. The van der Waals surface area contributed by atoms with E-state index in [2.05, 4.69) is 34.3 Å². The molecule has 2 aliphatic heterocycles. The molecule has 30 heavy (non-hydrogen) atoms. The lowest BCUT2D eigenvalue weighted by atomic mass is 10.0. The van der Waals surface area contributed by atoms with Gasteiger partial charge in [0.15, 0.2) is 0 Å². The van der Waals surface area contributed by atoms with E-state index >= 15 is 0 Å². The minimum Gasteiger partial charge on any atom is -0.348 e. The van der Waals surface area contributed by atoms with Crippen molar-refractivity contribution >= 4 is 17.7 Å². The first-order chi connectivity index (χ1) is 14.4. The largest absolute Gasteiger partial charge is 0.348 e. The molecule has 7 heteroatoms. The van der Waals surface area contributed by atoms with Crippen molar-refractivity contribution in [2.75, 3.05) is 40.3 Å². The lowest BCUT2D eigenvalue weighted by Crippen LogP contribution is -2.43. The number of hydrogen-bond donors (Lipinski definition) is 1. The van der Waals surface area contributed by atoms with Crippen LogP contribution in [0.2, 0.25) is 0 Å². The first-order valence-electron chi connectivity index (χ1n) is 10.2. The molecule has 156 valence electrons. The standard InChI is InChI=1S/C23H26N4O3/c1-25-8-10-27(11-9-25)15-17-5-3-4-16(12-17)14-24-21(28)18-6-7-19-20(13-18)23(30)26(2)22(19)29/h3-7,12-13H,8-11,14-15H2,1-2H3,(H,24,28). The topological polar surface area (TPSA) is 73.0 Å². The number of rotatable bonds is 5. The maximum Gasteiger partial charge on any atom is 0.261 e. The van der Waals surface area contributed by atoms with Gasteiger partial charge >= 0.3 is 0 Å². The molecule has 0 atom stereocenters. The summed E-state index contributed by atoms with van der Waals surface area (Å²) in [6.07, 6.45) is 0. The molecule has 7 nitrogen and oxygen atoms in total. The number of imide groups is 1. The zero-order chi connectivity index (χ0) is 21.3. The summed E-state index contributed by atoms with van der Waals surface area (Å²) in [5.74, 6) is -0.975. The highest BCUT2D eigenvalue weighted by atomic mass is 16.2. The van der Waals surface area contributed by atoms with Gasteiger partial charge in [-0.05, 0) is 36.4 Å². The molecule has 4 rings (SSSR count). The van der Waals surface area contributed by atoms with Crippen LogP contribution in [-0.4, -0.2) is 72.7 Å². The molecular weight excluding hydrogens is 380 g/mol. The Labute approximate surface area is 176 Å². The van der Waals surface area contributed by atoms with Crippen molar-refractivity contribution in [1.29, 1.82) is 0 Å². The molecule has 0 bridgehead atoms. The van der Waals surface area contributed by atoms with Gasteiger partial charge in [0.25, 0.3) is 17.7 Å². The smallest absolute Gasteiger partial charge is 0.261 e.